The maximum Gasteiger partial charge on any atom is 0.275 e. The SMILES string of the molecule is Cn1cccc1C(=O)Nc1cc2c(/C=C/c3ccc(F)cc3)n[nH]c2cc1F.O=C(Nc1cc2c(/C=C/c3ccc(F)cc3)n[nH]c2cc1F)c1cccs1.O=C(Nc1cc2c(/C=C/c3ccc(F)cc3)n[nH]c2cc1F)c1cnccn1.O=C(Nc1cc2c(/C=C/c3ccc(F)cc3)n[nH]c2cc1F)c1cncnc1. The van der Waals surface area contributed by atoms with E-state index in [2.05, 4.69) is 82.0 Å². The van der Waals surface area contributed by atoms with Crippen LogP contribution in [0.5, 0.6) is 0 Å². The van der Waals surface area contributed by atoms with Crippen LogP contribution in [0.25, 0.3) is 92.2 Å². The van der Waals surface area contributed by atoms with Crippen LogP contribution < -0.4 is 21.3 Å². The zero-order valence-electron chi connectivity index (χ0n) is 57.5. The number of aromatic amines is 4. The molecule has 4 amide bonds. The molecule has 8 N–H and O–H groups in total. The molecule has 0 aliphatic carbocycles. The van der Waals surface area contributed by atoms with Crippen LogP contribution in [-0.2, 0) is 7.05 Å². The number of hydrogen-bond acceptors (Lipinski definition) is 13. The molecule has 0 radical (unpaired) electrons. The molecule has 0 atom stereocenters. The van der Waals surface area contributed by atoms with E-state index in [4.69, 9.17) is 0 Å². The number of fused-ring (bicyclic) bond motifs is 4. The Labute approximate surface area is 626 Å². The average molecular weight is 1510 g/mol. The van der Waals surface area contributed by atoms with Crippen molar-refractivity contribution in [3.05, 3.63) is 332 Å². The number of carbonyl (C=O) groups is 4. The molecular weight excluding hydrogens is 1460 g/mol. The standard InChI is InChI=1S/C21H16F2N4O.2C20H13F2N5O.C20H13F2N3OS/c1-27-10-2-3-20(27)21(28)24-19-11-15-17(25-26-18(15)12-16(19)23)9-6-13-4-7-14(22)8-5-13;21-14-4-1-12(2-5-14)3-6-17-15-7-19(16(22)8-18(15)27-26-17)25-20(28)13-9-23-11-24-10-13;21-13-4-1-12(2-5-13)3-6-16-14-9-18(15(22)10-17(14)27-26-16)25-20(28)19-11-23-7-8-24-19;21-13-6-3-12(4-7-13)5-8-16-14-10-18(15(22)11-17(14)25-24-16)23-20(26)19-2-1-9-27-19/h2-12H,1H3,(H,24,28)(H,25,26);2*1-11H,(H,25,28)(H,26,27);1-11H,(H,23,26)(H,24,25)/b9-6+;2*6-3+;8-5+. The normalized spacial score (nSPS) is 11.3. The van der Waals surface area contributed by atoms with Gasteiger partial charge in [-0.1, -0.05) is 78.9 Å². The molecule has 16 rings (SSSR count). The van der Waals surface area contributed by atoms with Crippen LogP contribution in [0.15, 0.2) is 219 Å². The molecule has 550 valence electrons. The number of hydrogen-bond donors (Lipinski definition) is 8. The van der Waals surface area contributed by atoms with Gasteiger partial charge in [0, 0.05) is 83.8 Å². The summed E-state index contributed by atoms with van der Waals surface area (Å²) in [5.74, 6) is -5.44. The van der Waals surface area contributed by atoms with E-state index in [1.807, 2.05) is 0 Å². The maximum atomic E-state index is 14.4. The summed E-state index contributed by atoms with van der Waals surface area (Å²) >= 11 is 1.28. The van der Waals surface area contributed by atoms with E-state index in [1.54, 1.807) is 157 Å². The number of anilines is 4. The molecule has 0 spiro atoms. The third-order valence-corrected chi connectivity index (χ3v) is 17.3. The van der Waals surface area contributed by atoms with Crippen molar-refractivity contribution < 1.29 is 54.3 Å². The fourth-order valence-corrected chi connectivity index (χ4v) is 11.4. The maximum absolute atomic E-state index is 14.4. The van der Waals surface area contributed by atoms with Gasteiger partial charge in [-0.2, -0.15) is 20.4 Å². The number of thiophene rings is 1. The van der Waals surface area contributed by atoms with Crippen LogP contribution in [0.2, 0.25) is 0 Å². The quantitative estimate of drug-likeness (QED) is 0.0419. The van der Waals surface area contributed by atoms with E-state index in [0.29, 0.717) is 77.0 Å². The van der Waals surface area contributed by atoms with Crippen molar-refractivity contribution in [3.8, 4) is 0 Å². The minimum Gasteiger partial charge on any atom is -0.347 e. The lowest BCUT2D eigenvalue weighted by Gasteiger charge is -2.07. The van der Waals surface area contributed by atoms with Gasteiger partial charge in [-0.15, -0.1) is 11.3 Å². The Hall–Kier alpha value is -14.9. The van der Waals surface area contributed by atoms with Gasteiger partial charge in [0.25, 0.3) is 23.6 Å². The van der Waals surface area contributed by atoms with Gasteiger partial charge in [0.05, 0.1) is 84.2 Å². The second kappa shape index (κ2) is 34.1. The van der Waals surface area contributed by atoms with Crippen LogP contribution in [-0.4, -0.2) is 88.9 Å². The number of nitrogens with zero attached hydrogens (tertiary/aromatic N) is 9. The van der Waals surface area contributed by atoms with Crippen molar-refractivity contribution in [3.63, 3.8) is 0 Å². The Bertz CT molecular complexity index is 5980. The third kappa shape index (κ3) is 18.7. The summed E-state index contributed by atoms with van der Waals surface area (Å²) in [7, 11) is 1.74. The zero-order chi connectivity index (χ0) is 77.5. The lowest BCUT2D eigenvalue weighted by atomic mass is 10.1. The van der Waals surface area contributed by atoms with E-state index in [-0.39, 0.29) is 63.2 Å². The first-order valence-corrected chi connectivity index (χ1v) is 34.1. The molecular formula is C81H55F8N17O4S. The molecule has 8 aromatic heterocycles. The monoisotopic (exact) mass is 1510 g/mol. The number of benzene rings is 8. The van der Waals surface area contributed by atoms with Gasteiger partial charge in [-0.25, -0.2) is 50.1 Å². The van der Waals surface area contributed by atoms with Gasteiger partial charge < -0.3 is 25.8 Å². The predicted octanol–water partition coefficient (Wildman–Crippen LogP) is 18.0. The minimum absolute atomic E-state index is 0.000912. The number of halogens is 8. The lowest BCUT2D eigenvalue weighted by Crippen LogP contribution is -2.16. The highest BCUT2D eigenvalue weighted by atomic mass is 32.1. The van der Waals surface area contributed by atoms with Crippen LogP contribution in [0, 0.1) is 46.5 Å². The minimum atomic E-state index is -0.609. The topological polar surface area (TPSA) is 288 Å². The highest BCUT2D eigenvalue weighted by Crippen LogP contribution is 2.31. The van der Waals surface area contributed by atoms with Gasteiger partial charge in [0.15, 0.2) is 0 Å². The Balaban J connectivity index is 0.000000130. The number of carbonyl (C=O) groups excluding carboxylic acids is 4. The fourth-order valence-electron chi connectivity index (χ4n) is 10.8. The van der Waals surface area contributed by atoms with E-state index >= 15 is 0 Å². The highest BCUT2D eigenvalue weighted by molar-refractivity contribution is 7.12. The second-order valence-electron chi connectivity index (χ2n) is 24.0. The number of H-pyrrole nitrogens is 4. The number of aryl methyl sites for hydroxylation is 1. The number of rotatable bonds is 16. The smallest absolute Gasteiger partial charge is 0.275 e. The molecule has 8 heterocycles. The molecule has 0 unspecified atom stereocenters. The van der Waals surface area contributed by atoms with Crippen molar-refractivity contribution in [1.82, 2.24) is 65.3 Å². The van der Waals surface area contributed by atoms with E-state index in [9.17, 15) is 54.3 Å². The van der Waals surface area contributed by atoms with Crippen LogP contribution in [0.3, 0.4) is 0 Å². The van der Waals surface area contributed by atoms with Crippen molar-refractivity contribution in [2.24, 2.45) is 7.05 Å². The summed E-state index contributed by atoms with van der Waals surface area (Å²) in [4.78, 5) is 64.8. The first kappa shape index (κ1) is 74.3. The largest absolute Gasteiger partial charge is 0.347 e. The molecule has 0 aliphatic heterocycles. The Morgan fingerprint density at radius 1 is 0.387 bits per heavy atom. The fraction of sp³-hybridized carbons (Fsp3) is 0.0123. The summed E-state index contributed by atoms with van der Waals surface area (Å²) in [5.41, 5.74) is 8.31. The van der Waals surface area contributed by atoms with Gasteiger partial charge in [0.1, 0.15) is 64.3 Å². The first-order chi connectivity index (χ1) is 53.8. The van der Waals surface area contributed by atoms with E-state index in [1.165, 1.54) is 134 Å². The summed E-state index contributed by atoms with van der Waals surface area (Å²) < 4.78 is 111. The van der Waals surface area contributed by atoms with Crippen LogP contribution in [0.1, 0.15) is 86.0 Å². The van der Waals surface area contributed by atoms with Gasteiger partial charge >= 0.3 is 0 Å². The van der Waals surface area contributed by atoms with E-state index in [0.717, 1.165) is 22.3 Å². The summed E-state index contributed by atoms with van der Waals surface area (Å²) in [6.45, 7) is 0. The average Bonchev–Trinajstić information content (AvgIpc) is 1.73. The Morgan fingerprint density at radius 3 is 1.08 bits per heavy atom. The van der Waals surface area contributed by atoms with Crippen LogP contribution in [0.4, 0.5) is 57.9 Å². The number of nitrogens with one attached hydrogen (secondary N) is 8. The molecule has 8 aromatic carbocycles. The molecule has 0 aliphatic rings. The van der Waals surface area contributed by atoms with Crippen molar-refractivity contribution in [1.29, 1.82) is 0 Å². The third-order valence-electron chi connectivity index (χ3n) is 16.5. The lowest BCUT2D eigenvalue weighted by molar-refractivity contribution is 0.101. The van der Waals surface area contributed by atoms with Crippen molar-refractivity contribution >= 4 is 150 Å². The van der Waals surface area contributed by atoms with Crippen molar-refractivity contribution in [2.45, 2.75) is 0 Å². The summed E-state index contributed by atoms with van der Waals surface area (Å²) in [6, 6.07) is 42.0. The van der Waals surface area contributed by atoms with Crippen molar-refractivity contribution in [2.75, 3.05) is 21.3 Å². The van der Waals surface area contributed by atoms with Gasteiger partial charge in [-0.05, 0) is 143 Å². The van der Waals surface area contributed by atoms with Gasteiger partial charge in [0.2, 0.25) is 0 Å². The summed E-state index contributed by atoms with van der Waals surface area (Å²) in [5, 5.41) is 42.3. The predicted molar refractivity (Wildman–Crippen MR) is 411 cm³/mol. The Kier molecular flexibility index (Phi) is 22.8. The molecule has 0 bridgehead atoms. The molecule has 0 saturated carbocycles. The van der Waals surface area contributed by atoms with Crippen LogP contribution >= 0.6 is 11.3 Å². The second-order valence-corrected chi connectivity index (χ2v) is 24.9. The summed E-state index contributed by atoms with van der Waals surface area (Å²) in [6.07, 6.45) is 23.8. The first-order valence-electron chi connectivity index (χ1n) is 33.2. The molecule has 0 saturated heterocycles. The number of amides is 4. The molecule has 21 nitrogen and oxygen atoms in total. The van der Waals surface area contributed by atoms with Gasteiger partial charge in [-0.3, -0.25) is 44.6 Å². The highest BCUT2D eigenvalue weighted by Gasteiger charge is 2.20. The van der Waals surface area contributed by atoms with E-state index < -0.39 is 41.0 Å². The molecule has 111 heavy (non-hydrogen) atoms. The molecule has 16 aromatic rings. The molecule has 0 fully saturated rings. The Morgan fingerprint density at radius 2 is 0.748 bits per heavy atom. The molecule has 30 heteroatoms. The number of aromatic nitrogens is 13. The zero-order valence-corrected chi connectivity index (χ0v) is 58.3.